The fourth-order valence-corrected chi connectivity index (χ4v) is 1.25. The number of carbonyl (C=O) groups is 1. The summed E-state index contributed by atoms with van der Waals surface area (Å²) in [7, 11) is 0. The Hall–Kier alpha value is -1.30. The van der Waals surface area contributed by atoms with E-state index in [2.05, 4.69) is 5.32 Å². The largest absolute Gasteiger partial charge is 0.491 e. The number of aliphatic hydroxyl groups is 1. The Labute approximate surface area is 104 Å². The lowest BCUT2D eigenvalue weighted by atomic mass is 10.3. The first kappa shape index (κ1) is 13.8. The van der Waals surface area contributed by atoms with Gasteiger partial charge in [0.2, 0.25) is 0 Å². The third-order valence-corrected chi connectivity index (χ3v) is 2.16. The van der Waals surface area contributed by atoms with E-state index in [0.717, 1.165) is 0 Å². The maximum atomic E-state index is 10.2. The molecule has 6 heteroatoms. The maximum absolute atomic E-state index is 10.2. The summed E-state index contributed by atoms with van der Waals surface area (Å²) in [5.41, 5.74) is 0. The monoisotopic (exact) mass is 259 g/mol. The molecule has 0 radical (unpaired) electrons. The van der Waals surface area contributed by atoms with Gasteiger partial charge in [-0.05, 0) is 24.3 Å². The first-order valence-electron chi connectivity index (χ1n) is 5.07. The molecule has 1 aromatic rings. The smallest absolute Gasteiger partial charge is 0.317 e. The second-order valence-electron chi connectivity index (χ2n) is 3.44. The van der Waals surface area contributed by atoms with Gasteiger partial charge < -0.3 is 20.3 Å². The number of carboxylic acid groups (broad SMARTS) is 1. The van der Waals surface area contributed by atoms with Crippen LogP contribution < -0.4 is 10.1 Å². The third kappa shape index (κ3) is 6.11. The van der Waals surface area contributed by atoms with Crippen LogP contribution in [0.25, 0.3) is 0 Å². The van der Waals surface area contributed by atoms with Gasteiger partial charge in [-0.2, -0.15) is 0 Å². The van der Waals surface area contributed by atoms with Crippen LogP contribution in [0.1, 0.15) is 0 Å². The highest BCUT2D eigenvalue weighted by atomic mass is 35.5. The molecule has 1 unspecified atom stereocenters. The van der Waals surface area contributed by atoms with Gasteiger partial charge in [0.25, 0.3) is 0 Å². The summed E-state index contributed by atoms with van der Waals surface area (Å²) in [6, 6.07) is 6.76. The van der Waals surface area contributed by atoms with Gasteiger partial charge in [0.1, 0.15) is 18.5 Å². The summed E-state index contributed by atoms with van der Waals surface area (Å²) in [6.45, 7) is 0.0755. The van der Waals surface area contributed by atoms with Gasteiger partial charge in [0.05, 0.1) is 6.54 Å². The molecule has 0 aliphatic rings. The van der Waals surface area contributed by atoms with E-state index >= 15 is 0 Å². The zero-order valence-corrected chi connectivity index (χ0v) is 9.85. The molecule has 94 valence electrons. The van der Waals surface area contributed by atoms with Gasteiger partial charge in [-0.3, -0.25) is 4.79 Å². The number of benzene rings is 1. The zero-order chi connectivity index (χ0) is 12.7. The molecule has 3 N–H and O–H groups in total. The Morgan fingerprint density at radius 1 is 1.41 bits per heavy atom. The van der Waals surface area contributed by atoms with Gasteiger partial charge in [0.15, 0.2) is 0 Å². The molecule has 0 amide bonds. The zero-order valence-electron chi connectivity index (χ0n) is 9.10. The van der Waals surface area contributed by atoms with Gasteiger partial charge >= 0.3 is 5.97 Å². The van der Waals surface area contributed by atoms with Gasteiger partial charge in [-0.25, -0.2) is 0 Å². The van der Waals surface area contributed by atoms with Gasteiger partial charge in [-0.1, -0.05) is 11.6 Å². The SMILES string of the molecule is O=C(O)CNCC(O)COc1ccc(Cl)cc1. The molecule has 0 spiro atoms. The Morgan fingerprint density at radius 3 is 2.65 bits per heavy atom. The minimum atomic E-state index is -0.962. The number of aliphatic carboxylic acids is 1. The molecule has 0 heterocycles. The lowest BCUT2D eigenvalue weighted by molar-refractivity contribution is -0.136. The summed E-state index contributed by atoms with van der Waals surface area (Å²) in [4.78, 5) is 10.2. The number of nitrogens with one attached hydrogen (secondary N) is 1. The standard InChI is InChI=1S/C11H14ClNO4/c12-8-1-3-10(4-2-8)17-7-9(14)5-13-6-11(15)16/h1-4,9,13-14H,5-7H2,(H,15,16). The van der Waals surface area contributed by atoms with E-state index in [9.17, 15) is 9.90 Å². The van der Waals surface area contributed by atoms with Crippen molar-refractivity contribution in [1.29, 1.82) is 0 Å². The highest BCUT2D eigenvalue weighted by Gasteiger charge is 2.06. The molecule has 1 rings (SSSR count). The summed E-state index contributed by atoms with van der Waals surface area (Å²) < 4.78 is 5.28. The summed E-state index contributed by atoms with van der Waals surface area (Å²) in [6.07, 6.45) is -0.759. The average molecular weight is 260 g/mol. The Morgan fingerprint density at radius 2 is 2.06 bits per heavy atom. The molecule has 1 aromatic carbocycles. The lowest BCUT2D eigenvalue weighted by Crippen LogP contribution is -2.34. The van der Waals surface area contributed by atoms with Crippen LogP contribution in [0.15, 0.2) is 24.3 Å². The predicted molar refractivity (Wildman–Crippen MR) is 63.5 cm³/mol. The van der Waals surface area contributed by atoms with E-state index in [1.807, 2.05) is 0 Å². The molecular formula is C11H14ClNO4. The van der Waals surface area contributed by atoms with Crippen LogP contribution in [0.4, 0.5) is 0 Å². The van der Waals surface area contributed by atoms with Crippen LogP contribution in [-0.4, -0.2) is 42.0 Å². The summed E-state index contributed by atoms with van der Waals surface area (Å²) in [5, 5.41) is 21.0. The Kier molecular flexibility index (Phi) is 5.76. The van der Waals surface area contributed by atoms with E-state index in [-0.39, 0.29) is 19.7 Å². The third-order valence-electron chi connectivity index (χ3n) is 1.91. The van der Waals surface area contributed by atoms with E-state index < -0.39 is 12.1 Å². The number of hydrogen-bond acceptors (Lipinski definition) is 4. The molecule has 0 bridgehead atoms. The normalized spacial score (nSPS) is 12.1. The molecule has 17 heavy (non-hydrogen) atoms. The number of carboxylic acids is 1. The van der Waals surface area contributed by atoms with E-state index in [1.54, 1.807) is 24.3 Å². The maximum Gasteiger partial charge on any atom is 0.317 e. The first-order chi connectivity index (χ1) is 8.08. The van der Waals surface area contributed by atoms with E-state index in [4.69, 9.17) is 21.4 Å². The highest BCUT2D eigenvalue weighted by Crippen LogP contribution is 2.15. The van der Waals surface area contributed by atoms with Crippen molar-refractivity contribution in [2.24, 2.45) is 0 Å². The summed E-state index contributed by atoms with van der Waals surface area (Å²) in [5.74, 6) is -0.359. The number of hydrogen-bond donors (Lipinski definition) is 3. The van der Waals surface area contributed by atoms with Crippen LogP contribution in [-0.2, 0) is 4.79 Å². The molecule has 1 atom stereocenters. The van der Waals surface area contributed by atoms with Crippen molar-refractivity contribution in [3.63, 3.8) is 0 Å². The topological polar surface area (TPSA) is 78.8 Å². The molecular weight excluding hydrogens is 246 g/mol. The van der Waals surface area contributed by atoms with Crippen LogP contribution in [0, 0.1) is 0 Å². The molecule has 0 fully saturated rings. The molecule has 0 aliphatic carbocycles. The number of rotatable bonds is 7. The van der Waals surface area contributed by atoms with Crippen LogP contribution in [0.3, 0.4) is 0 Å². The Bertz CT molecular complexity index is 355. The Balaban J connectivity index is 2.21. The minimum absolute atomic E-state index is 0.0915. The second kappa shape index (κ2) is 7.11. The number of aliphatic hydroxyl groups excluding tert-OH is 1. The quantitative estimate of drug-likeness (QED) is 0.674. The van der Waals surface area contributed by atoms with Crippen molar-refractivity contribution in [3.8, 4) is 5.75 Å². The fraction of sp³-hybridized carbons (Fsp3) is 0.364. The van der Waals surface area contributed by atoms with Crippen molar-refractivity contribution in [2.75, 3.05) is 19.7 Å². The first-order valence-corrected chi connectivity index (χ1v) is 5.44. The summed E-state index contributed by atoms with van der Waals surface area (Å²) >= 11 is 5.70. The van der Waals surface area contributed by atoms with Gasteiger partial charge in [0, 0.05) is 11.6 Å². The van der Waals surface area contributed by atoms with Crippen molar-refractivity contribution < 1.29 is 19.7 Å². The highest BCUT2D eigenvalue weighted by molar-refractivity contribution is 6.30. The van der Waals surface area contributed by atoms with Gasteiger partial charge in [-0.15, -0.1) is 0 Å². The van der Waals surface area contributed by atoms with Crippen molar-refractivity contribution in [3.05, 3.63) is 29.3 Å². The predicted octanol–water partition coefficient (Wildman–Crippen LogP) is 0.754. The van der Waals surface area contributed by atoms with E-state index in [0.29, 0.717) is 10.8 Å². The minimum Gasteiger partial charge on any atom is -0.491 e. The molecule has 5 nitrogen and oxygen atoms in total. The molecule has 0 saturated heterocycles. The van der Waals surface area contributed by atoms with E-state index in [1.165, 1.54) is 0 Å². The van der Waals surface area contributed by atoms with Crippen LogP contribution >= 0.6 is 11.6 Å². The average Bonchev–Trinajstić information content (AvgIpc) is 2.28. The van der Waals surface area contributed by atoms with Crippen molar-refractivity contribution in [2.45, 2.75) is 6.10 Å². The number of ether oxygens (including phenoxy) is 1. The lowest BCUT2D eigenvalue weighted by Gasteiger charge is -2.12. The van der Waals surface area contributed by atoms with Crippen LogP contribution in [0.5, 0.6) is 5.75 Å². The second-order valence-corrected chi connectivity index (χ2v) is 3.88. The molecule has 0 aliphatic heterocycles. The number of halogens is 1. The molecule has 0 aromatic heterocycles. The van der Waals surface area contributed by atoms with Crippen molar-refractivity contribution in [1.82, 2.24) is 5.32 Å². The molecule has 0 saturated carbocycles. The van der Waals surface area contributed by atoms with Crippen LogP contribution in [0.2, 0.25) is 5.02 Å². The van der Waals surface area contributed by atoms with Crippen molar-refractivity contribution >= 4 is 17.6 Å². The fourth-order valence-electron chi connectivity index (χ4n) is 1.13.